The first kappa shape index (κ1) is 20.4. The van der Waals surface area contributed by atoms with Gasteiger partial charge < -0.3 is 14.6 Å². The molecule has 3 aromatic rings. The van der Waals surface area contributed by atoms with Gasteiger partial charge in [0, 0.05) is 35.8 Å². The van der Waals surface area contributed by atoms with Crippen LogP contribution in [-0.2, 0) is 6.54 Å². The molecule has 0 aliphatic carbocycles. The van der Waals surface area contributed by atoms with Crippen LogP contribution in [0.5, 0.6) is 5.75 Å². The van der Waals surface area contributed by atoms with E-state index in [1.54, 1.807) is 7.11 Å². The molecule has 0 aliphatic rings. The fraction of sp³-hybridized carbons (Fsp3) is 0.320. The number of nitrogens with one attached hydrogen (secondary N) is 1. The predicted molar refractivity (Wildman–Crippen MR) is 119 cm³/mol. The van der Waals surface area contributed by atoms with E-state index in [1.165, 1.54) is 19.3 Å². The molecule has 0 spiro atoms. The molecule has 0 saturated heterocycles. The fourth-order valence-corrected chi connectivity index (χ4v) is 3.44. The minimum Gasteiger partial charge on any atom is -0.497 e. The van der Waals surface area contributed by atoms with Gasteiger partial charge in [0.25, 0.3) is 0 Å². The summed E-state index contributed by atoms with van der Waals surface area (Å²) >= 11 is 0. The van der Waals surface area contributed by atoms with Crippen molar-refractivity contribution in [1.82, 2.24) is 4.57 Å². The Bertz CT molecular complexity index is 1080. The molecule has 148 valence electrons. The average Bonchev–Trinajstić information content (AvgIpc) is 3.07. The van der Waals surface area contributed by atoms with Crippen molar-refractivity contribution in [3.05, 3.63) is 59.3 Å². The van der Waals surface area contributed by atoms with E-state index in [-0.39, 0.29) is 0 Å². The highest BCUT2D eigenvalue weighted by molar-refractivity contribution is 5.90. The van der Waals surface area contributed by atoms with E-state index < -0.39 is 0 Å². The third kappa shape index (κ3) is 4.55. The maximum Gasteiger partial charge on any atom is 0.120 e. The Morgan fingerprint density at radius 1 is 1.03 bits per heavy atom. The Morgan fingerprint density at radius 3 is 2.48 bits per heavy atom. The smallest absolute Gasteiger partial charge is 0.120 e. The third-order valence-corrected chi connectivity index (χ3v) is 5.02. The summed E-state index contributed by atoms with van der Waals surface area (Å²) in [7, 11) is 1.65. The fourth-order valence-electron chi connectivity index (χ4n) is 3.44. The minimum atomic E-state index is 0.617. The number of unbranched alkanes of at least 4 members (excludes halogenated alkanes) is 2. The summed E-state index contributed by atoms with van der Waals surface area (Å²) < 4.78 is 7.42. The first-order chi connectivity index (χ1) is 14.2. The van der Waals surface area contributed by atoms with Crippen molar-refractivity contribution in [2.45, 2.75) is 39.7 Å². The Balaban J connectivity index is 1.89. The summed E-state index contributed by atoms with van der Waals surface area (Å²) in [6.07, 6.45) is 3.65. The van der Waals surface area contributed by atoms with Gasteiger partial charge in [-0.15, -0.1) is 0 Å². The molecule has 1 N–H and O–H groups in total. The van der Waals surface area contributed by atoms with Crippen LogP contribution in [0.1, 0.15) is 49.9 Å². The summed E-state index contributed by atoms with van der Waals surface area (Å²) in [4.78, 5) is 0. The van der Waals surface area contributed by atoms with Crippen LogP contribution in [0.4, 0.5) is 5.69 Å². The number of nitrogens with zero attached hydrogens (tertiary/aromatic N) is 2. The molecule has 1 heterocycles. The van der Waals surface area contributed by atoms with E-state index >= 15 is 0 Å². The molecule has 0 atom stereocenters. The summed E-state index contributed by atoms with van der Waals surface area (Å²) in [6.45, 7) is 5.99. The normalized spacial score (nSPS) is 10.3. The number of rotatable bonds is 7. The van der Waals surface area contributed by atoms with E-state index in [9.17, 15) is 5.26 Å². The van der Waals surface area contributed by atoms with Crippen LogP contribution >= 0.6 is 0 Å². The predicted octanol–water partition coefficient (Wildman–Crippen LogP) is 5.54. The Kier molecular flexibility index (Phi) is 6.82. The Hall–Kier alpha value is -3.37. The Labute approximate surface area is 173 Å². The van der Waals surface area contributed by atoms with Gasteiger partial charge in [-0.05, 0) is 55.7 Å². The maximum atomic E-state index is 9.74. The Morgan fingerprint density at radius 2 is 1.83 bits per heavy atom. The van der Waals surface area contributed by atoms with Gasteiger partial charge in [-0.1, -0.05) is 25.7 Å². The number of benzene rings is 2. The van der Waals surface area contributed by atoms with E-state index in [4.69, 9.17) is 4.74 Å². The molecule has 4 nitrogen and oxygen atoms in total. The molecular formula is C25H27N3O. The van der Waals surface area contributed by atoms with Crippen molar-refractivity contribution in [1.29, 1.82) is 5.26 Å². The van der Waals surface area contributed by atoms with Gasteiger partial charge in [0.05, 0.1) is 18.2 Å². The van der Waals surface area contributed by atoms with Crippen LogP contribution in [0.25, 0.3) is 10.9 Å². The highest BCUT2D eigenvalue weighted by Crippen LogP contribution is 2.28. The number of hydrogen-bond donors (Lipinski definition) is 1. The lowest BCUT2D eigenvalue weighted by atomic mass is 10.1. The highest BCUT2D eigenvalue weighted by atomic mass is 16.5. The van der Waals surface area contributed by atoms with Crippen LogP contribution in [0.15, 0.2) is 42.5 Å². The number of aromatic nitrogens is 1. The second-order valence-corrected chi connectivity index (χ2v) is 6.92. The molecule has 4 heteroatoms. The lowest BCUT2D eigenvalue weighted by molar-refractivity contribution is 0.415. The summed E-state index contributed by atoms with van der Waals surface area (Å²) in [5.41, 5.74) is 4.38. The van der Waals surface area contributed by atoms with Crippen LogP contribution in [-0.4, -0.2) is 18.2 Å². The molecule has 0 radical (unpaired) electrons. The second-order valence-electron chi connectivity index (χ2n) is 6.92. The van der Waals surface area contributed by atoms with Crippen molar-refractivity contribution in [3.63, 3.8) is 0 Å². The SMILES string of the molecule is CCCCCNc1ccc(C#Cc2c(C#N)c3ccc(OC)cc3n2CC)cc1. The lowest BCUT2D eigenvalue weighted by Crippen LogP contribution is -2.00. The summed E-state index contributed by atoms with van der Waals surface area (Å²) in [6, 6.07) is 16.3. The number of ether oxygens (including phenoxy) is 1. The summed E-state index contributed by atoms with van der Waals surface area (Å²) in [5, 5.41) is 14.1. The monoisotopic (exact) mass is 385 g/mol. The molecule has 0 unspecified atom stereocenters. The van der Waals surface area contributed by atoms with Gasteiger partial charge in [-0.25, -0.2) is 0 Å². The van der Waals surface area contributed by atoms with Gasteiger partial charge in [-0.3, -0.25) is 0 Å². The minimum absolute atomic E-state index is 0.617. The molecule has 0 amide bonds. The molecule has 0 fully saturated rings. The van der Waals surface area contributed by atoms with Gasteiger partial charge in [0.15, 0.2) is 0 Å². The average molecular weight is 386 g/mol. The zero-order valence-electron chi connectivity index (χ0n) is 17.4. The van der Waals surface area contributed by atoms with Crippen molar-refractivity contribution in [3.8, 4) is 23.7 Å². The van der Waals surface area contributed by atoms with E-state index in [2.05, 4.69) is 53.8 Å². The first-order valence-electron chi connectivity index (χ1n) is 10.2. The lowest BCUT2D eigenvalue weighted by Gasteiger charge is -2.05. The topological polar surface area (TPSA) is 50.0 Å². The molecule has 0 bridgehead atoms. The zero-order chi connectivity index (χ0) is 20.6. The largest absolute Gasteiger partial charge is 0.497 e. The van der Waals surface area contributed by atoms with Crippen molar-refractivity contribution >= 4 is 16.6 Å². The van der Waals surface area contributed by atoms with E-state index in [0.29, 0.717) is 5.56 Å². The van der Waals surface area contributed by atoms with Gasteiger partial charge in [-0.2, -0.15) is 5.26 Å². The quantitative estimate of drug-likeness (QED) is 0.429. The van der Waals surface area contributed by atoms with Crippen molar-refractivity contribution in [2.24, 2.45) is 0 Å². The standard InChI is InChI=1S/C25H27N3O/c1-4-6-7-16-27-20-11-8-19(9-12-20)10-15-24-23(18-26)22-14-13-21(29-3)17-25(22)28(24)5-2/h8-9,11-14,17,27H,4-7,16H2,1-3H3. The number of nitriles is 1. The van der Waals surface area contributed by atoms with Crippen LogP contribution in [0, 0.1) is 23.2 Å². The molecule has 1 aromatic heterocycles. The van der Waals surface area contributed by atoms with Crippen LogP contribution in [0.3, 0.4) is 0 Å². The molecule has 2 aromatic carbocycles. The van der Waals surface area contributed by atoms with Gasteiger partial charge in [0.1, 0.15) is 17.5 Å². The molecule has 3 rings (SSSR count). The first-order valence-corrected chi connectivity index (χ1v) is 10.2. The number of fused-ring (bicyclic) bond motifs is 1. The number of methoxy groups -OCH3 is 1. The van der Waals surface area contributed by atoms with Gasteiger partial charge >= 0.3 is 0 Å². The van der Waals surface area contributed by atoms with Gasteiger partial charge in [0.2, 0.25) is 0 Å². The number of hydrogen-bond acceptors (Lipinski definition) is 3. The number of anilines is 1. The third-order valence-electron chi connectivity index (χ3n) is 5.02. The summed E-state index contributed by atoms with van der Waals surface area (Å²) in [5.74, 6) is 7.23. The zero-order valence-corrected chi connectivity index (χ0v) is 17.4. The molecular weight excluding hydrogens is 358 g/mol. The second kappa shape index (κ2) is 9.71. The van der Waals surface area contributed by atoms with Crippen LogP contribution < -0.4 is 10.1 Å². The van der Waals surface area contributed by atoms with E-state index in [1.807, 2.05) is 30.3 Å². The maximum absolute atomic E-state index is 9.74. The highest BCUT2D eigenvalue weighted by Gasteiger charge is 2.15. The number of aryl methyl sites for hydroxylation is 1. The van der Waals surface area contributed by atoms with Crippen molar-refractivity contribution in [2.75, 3.05) is 19.0 Å². The van der Waals surface area contributed by atoms with E-state index in [0.717, 1.165) is 46.7 Å². The molecule has 0 saturated carbocycles. The van der Waals surface area contributed by atoms with Crippen LogP contribution in [0.2, 0.25) is 0 Å². The molecule has 29 heavy (non-hydrogen) atoms. The molecule has 0 aliphatic heterocycles. The van der Waals surface area contributed by atoms with Crippen molar-refractivity contribution < 1.29 is 4.74 Å².